The highest BCUT2D eigenvalue weighted by atomic mass is 32.2. The average Bonchev–Trinajstić information content (AvgIpc) is 1.81. The van der Waals surface area contributed by atoms with Gasteiger partial charge in [0.25, 0.3) is 0 Å². The first-order chi connectivity index (χ1) is 3.91. The highest BCUT2D eigenvalue weighted by Crippen LogP contribution is 1.99. The molecule has 0 saturated heterocycles. The van der Waals surface area contributed by atoms with Crippen molar-refractivity contribution in [3.05, 3.63) is 24.1 Å². The second-order valence-corrected chi connectivity index (χ2v) is 2.12. The Bertz CT molecular complexity index is 78.6. The molecule has 0 aliphatic rings. The molecular weight excluding hydrogens is 120 g/mol. The van der Waals surface area contributed by atoms with Crippen LogP contribution in [-0.4, -0.2) is 17.5 Å². The van der Waals surface area contributed by atoms with Gasteiger partial charge in [0.1, 0.15) is 0 Å². The minimum Gasteiger partial charge on any atom is -0.392 e. The molecule has 46 valence electrons. The van der Waals surface area contributed by atoms with Gasteiger partial charge in [-0.1, -0.05) is 12.2 Å². The number of aliphatic hydroxyl groups is 1. The van der Waals surface area contributed by atoms with Crippen LogP contribution >= 0.6 is 11.8 Å². The van der Waals surface area contributed by atoms with Crippen LogP contribution in [0, 0.1) is 0 Å². The Morgan fingerprint density at radius 2 is 2.38 bits per heavy atom. The summed E-state index contributed by atoms with van der Waals surface area (Å²) in [6, 6.07) is 0. The molecule has 0 heterocycles. The average molecular weight is 130 g/mol. The molecule has 0 aromatic rings. The van der Waals surface area contributed by atoms with Gasteiger partial charge in [0.15, 0.2) is 0 Å². The molecule has 0 saturated carbocycles. The third-order valence-electron chi connectivity index (χ3n) is 0.512. The lowest BCUT2D eigenvalue weighted by Gasteiger charge is -1.82. The summed E-state index contributed by atoms with van der Waals surface area (Å²) in [6.45, 7) is 3.67. The largest absolute Gasteiger partial charge is 0.392 e. The minimum atomic E-state index is 0.129. The predicted molar refractivity (Wildman–Crippen MR) is 38.9 cm³/mol. The van der Waals surface area contributed by atoms with E-state index >= 15 is 0 Å². The van der Waals surface area contributed by atoms with Crippen LogP contribution in [0.4, 0.5) is 0 Å². The summed E-state index contributed by atoms with van der Waals surface area (Å²) in [5.74, 6) is 0.913. The number of thioether (sulfide) groups is 1. The van der Waals surface area contributed by atoms with Gasteiger partial charge in [-0.3, -0.25) is 0 Å². The van der Waals surface area contributed by atoms with E-state index in [1.165, 1.54) is 0 Å². The van der Waals surface area contributed by atoms with Crippen LogP contribution in [0.15, 0.2) is 24.1 Å². The molecule has 0 bridgehead atoms. The monoisotopic (exact) mass is 130 g/mol. The molecule has 0 rings (SSSR count). The Labute approximate surface area is 54.1 Å². The van der Waals surface area contributed by atoms with Crippen LogP contribution in [0.25, 0.3) is 0 Å². The molecule has 2 heteroatoms. The summed E-state index contributed by atoms with van der Waals surface area (Å²) in [5.41, 5.74) is 0. The molecule has 1 nitrogen and oxygen atoms in total. The summed E-state index contributed by atoms with van der Waals surface area (Å²) >= 11 is 1.62. The van der Waals surface area contributed by atoms with Gasteiger partial charge in [0, 0.05) is 5.75 Å². The Morgan fingerprint density at radius 1 is 1.62 bits per heavy atom. The van der Waals surface area contributed by atoms with E-state index in [2.05, 4.69) is 6.58 Å². The Hall–Kier alpha value is -0.210. The number of hydrogen-bond acceptors (Lipinski definition) is 2. The van der Waals surface area contributed by atoms with Crippen molar-refractivity contribution in [1.29, 1.82) is 0 Å². The number of rotatable bonds is 4. The predicted octanol–water partition coefficient (Wildman–Crippen LogP) is 1.41. The van der Waals surface area contributed by atoms with Gasteiger partial charge in [0.2, 0.25) is 0 Å². The van der Waals surface area contributed by atoms with Crippen LogP contribution in [0.5, 0.6) is 0 Å². The van der Waals surface area contributed by atoms with E-state index in [1.807, 2.05) is 11.5 Å². The second kappa shape index (κ2) is 6.79. The fraction of sp³-hybridized carbons (Fsp3) is 0.333. The SMILES string of the molecule is C=CCS/C=C/CO. The zero-order valence-electron chi connectivity index (χ0n) is 4.71. The molecule has 0 radical (unpaired) electrons. The van der Waals surface area contributed by atoms with E-state index in [1.54, 1.807) is 17.8 Å². The van der Waals surface area contributed by atoms with E-state index in [0.29, 0.717) is 0 Å². The number of hydrogen-bond donors (Lipinski definition) is 1. The standard InChI is InChI=1S/C6H10OS/c1-2-5-8-6-3-4-7/h2-3,6-7H,1,4-5H2/b6-3+. The topological polar surface area (TPSA) is 20.2 Å². The number of aliphatic hydroxyl groups excluding tert-OH is 1. The van der Waals surface area contributed by atoms with E-state index in [9.17, 15) is 0 Å². The fourth-order valence-corrected chi connectivity index (χ4v) is 0.704. The van der Waals surface area contributed by atoms with Gasteiger partial charge in [0.05, 0.1) is 6.61 Å². The first-order valence-electron chi connectivity index (χ1n) is 2.40. The maximum Gasteiger partial charge on any atom is 0.0620 e. The molecule has 8 heavy (non-hydrogen) atoms. The van der Waals surface area contributed by atoms with Crippen molar-refractivity contribution < 1.29 is 5.11 Å². The van der Waals surface area contributed by atoms with Crippen LogP contribution in [0.2, 0.25) is 0 Å². The lowest BCUT2D eigenvalue weighted by atomic mass is 10.7. The van der Waals surface area contributed by atoms with Crippen LogP contribution in [0.3, 0.4) is 0 Å². The Kier molecular flexibility index (Phi) is 6.61. The third kappa shape index (κ3) is 5.79. The third-order valence-corrected chi connectivity index (χ3v) is 1.32. The summed E-state index contributed by atoms with van der Waals surface area (Å²) in [5, 5.41) is 10.1. The quantitative estimate of drug-likeness (QED) is 0.458. The van der Waals surface area contributed by atoms with Gasteiger partial charge < -0.3 is 5.11 Å². The van der Waals surface area contributed by atoms with E-state index in [0.717, 1.165) is 5.75 Å². The van der Waals surface area contributed by atoms with Crippen molar-refractivity contribution in [2.75, 3.05) is 12.4 Å². The van der Waals surface area contributed by atoms with Crippen molar-refractivity contribution in [3.63, 3.8) is 0 Å². The summed E-state index contributed by atoms with van der Waals surface area (Å²) < 4.78 is 0. The lowest BCUT2D eigenvalue weighted by Crippen LogP contribution is -1.68. The normalized spacial score (nSPS) is 10.1. The van der Waals surface area contributed by atoms with Crippen LogP contribution in [0.1, 0.15) is 0 Å². The van der Waals surface area contributed by atoms with E-state index in [-0.39, 0.29) is 6.61 Å². The van der Waals surface area contributed by atoms with Crippen molar-refractivity contribution >= 4 is 11.8 Å². The molecule has 0 amide bonds. The van der Waals surface area contributed by atoms with Gasteiger partial charge in [-0.25, -0.2) is 0 Å². The van der Waals surface area contributed by atoms with Gasteiger partial charge in [-0.05, 0) is 5.41 Å². The van der Waals surface area contributed by atoms with Gasteiger partial charge in [-0.15, -0.1) is 18.3 Å². The highest BCUT2D eigenvalue weighted by Gasteiger charge is 1.71. The first kappa shape index (κ1) is 7.79. The molecule has 0 aliphatic heterocycles. The van der Waals surface area contributed by atoms with Crippen LogP contribution in [-0.2, 0) is 0 Å². The fourth-order valence-electron chi connectivity index (χ4n) is 0.235. The maximum absolute atomic E-state index is 8.24. The smallest absolute Gasteiger partial charge is 0.0620 e. The highest BCUT2D eigenvalue weighted by molar-refractivity contribution is 8.02. The second-order valence-electron chi connectivity index (χ2n) is 1.18. The van der Waals surface area contributed by atoms with Gasteiger partial charge >= 0.3 is 0 Å². The molecule has 0 aliphatic carbocycles. The molecule has 0 atom stereocenters. The summed E-state index contributed by atoms with van der Waals surface area (Å²) in [6.07, 6.45) is 3.53. The zero-order chi connectivity index (χ0) is 6.24. The van der Waals surface area contributed by atoms with Crippen molar-refractivity contribution in [1.82, 2.24) is 0 Å². The van der Waals surface area contributed by atoms with Crippen molar-refractivity contribution in [3.8, 4) is 0 Å². The van der Waals surface area contributed by atoms with E-state index < -0.39 is 0 Å². The molecule has 1 N–H and O–H groups in total. The molecule has 0 fully saturated rings. The van der Waals surface area contributed by atoms with Crippen molar-refractivity contribution in [2.24, 2.45) is 0 Å². The Balaban J connectivity index is 2.90. The molecular formula is C6H10OS. The molecule has 0 aromatic heterocycles. The lowest BCUT2D eigenvalue weighted by molar-refractivity contribution is 0.343. The first-order valence-corrected chi connectivity index (χ1v) is 3.45. The molecule has 0 unspecified atom stereocenters. The van der Waals surface area contributed by atoms with Gasteiger partial charge in [-0.2, -0.15) is 0 Å². The minimum absolute atomic E-state index is 0.129. The zero-order valence-corrected chi connectivity index (χ0v) is 5.53. The van der Waals surface area contributed by atoms with Crippen LogP contribution < -0.4 is 0 Å². The summed E-state index contributed by atoms with van der Waals surface area (Å²) in [4.78, 5) is 0. The van der Waals surface area contributed by atoms with E-state index in [4.69, 9.17) is 5.11 Å². The van der Waals surface area contributed by atoms with Crippen molar-refractivity contribution in [2.45, 2.75) is 0 Å². The Morgan fingerprint density at radius 3 is 2.88 bits per heavy atom. The molecule has 0 spiro atoms. The molecule has 0 aromatic carbocycles. The summed E-state index contributed by atoms with van der Waals surface area (Å²) in [7, 11) is 0. The maximum atomic E-state index is 8.24.